The van der Waals surface area contributed by atoms with Crippen LogP contribution >= 0.6 is 0 Å². The molecule has 0 aliphatic heterocycles. The molecule has 0 heterocycles. The zero-order valence-corrected chi connectivity index (χ0v) is 13.4. The Morgan fingerprint density at radius 2 is 1.75 bits per heavy atom. The molecule has 0 aromatic heterocycles. The summed E-state index contributed by atoms with van der Waals surface area (Å²) >= 11 is 0. The molecule has 1 rings (SSSR count). The second-order valence-corrected chi connectivity index (χ2v) is 6.67. The molecule has 0 saturated carbocycles. The number of carbonyl (C=O) groups excluding carboxylic acids is 1. The highest BCUT2D eigenvalue weighted by molar-refractivity contribution is 5.89. The van der Waals surface area contributed by atoms with Gasteiger partial charge in [-0.05, 0) is 17.5 Å². The van der Waals surface area contributed by atoms with E-state index >= 15 is 0 Å². The van der Waals surface area contributed by atoms with E-state index in [9.17, 15) is 4.79 Å². The Kier molecular flexibility index (Phi) is 5.90. The Bertz CT molecular complexity index is 447. The molecule has 0 radical (unpaired) electrons. The Hall–Kier alpha value is -1.19. The summed E-state index contributed by atoms with van der Waals surface area (Å²) in [7, 11) is 0. The van der Waals surface area contributed by atoms with Crippen LogP contribution in [0.1, 0.15) is 45.7 Å². The van der Waals surface area contributed by atoms with Crippen molar-refractivity contribution < 1.29 is 4.79 Å². The first-order chi connectivity index (χ1) is 9.25. The molecule has 0 fully saturated rings. The normalized spacial score (nSPS) is 13.6. The molecule has 1 atom stereocenters. The number of carbonyl (C=O) groups is 1. The molecule has 3 N–H and O–H groups in total. The molecule has 0 aliphatic rings. The molecule has 0 aliphatic carbocycles. The Morgan fingerprint density at radius 1 is 1.20 bits per heavy atom. The minimum Gasteiger partial charge on any atom is -0.326 e. The van der Waals surface area contributed by atoms with E-state index in [1.165, 1.54) is 0 Å². The maximum atomic E-state index is 12.6. The van der Waals surface area contributed by atoms with Crippen molar-refractivity contribution in [1.82, 2.24) is 5.32 Å². The smallest absolute Gasteiger partial charge is 0.155 e. The fourth-order valence-electron chi connectivity index (χ4n) is 2.33. The number of Topliss-reactive ketones (excluding diaryl/α,β-unsaturated/α-hetero) is 1. The highest BCUT2D eigenvalue weighted by Crippen LogP contribution is 2.20. The van der Waals surface area contributed by atoms with Crippen molar-refractivity contribution in [3.05, 3.63) is 35.4 Å². The largest absolute Gasteiger partial charge is 0.326 e. The van der Waals surface area contributed by atoms with Crippen LogP contribution in [-0.4, -0.2) is 17.9 Å². The highest BCUT2D eigenvalue weighted by Gasteiger charge is 2.30. The molecule has 20 heavy (non-hydrogen) atoms. The van der Waals surface area contributed by atoms with Crippen molar-refractivity contribution in [2.24, 2.45) is 11.1 Å². The van der Waals surface area contributed by atoms with Crippen LogP contribution in [0.15, 0.2) is 24.3 Å². The van der Waals surface area contributed by atoms with Crippen molar-refractivity contribution in [3.63, 3.8) is 0 Å². The predicted octanol–water partition coefficient (Wildman–Crippen LogP) is 2.67. The molecule has 0 spiro atoms. The average molecular weight is 276 g/mol. The van der Waals surface area contributed by atoms with Crippen molar-refractivity contribution in [3.8, 4) is 0 Å². The minimum absolute atomic E-state index is 0.164. The van der Waals surface area contributed by atoms with E-state index in [1.54, 1.807) is 0 Å². The number of benzene rings is 1. The molecule has 1 aromatic rings. The number of hydrogen-bond acceptors (Lipinski definition) is 3. The van der Waals surface area contributed by atoms with Crippen LogP contribution < -0.4 is 11.1 Å². The highest BCUT2D eigenvalue weighted by atomic mass is 16.1. The van der Waals surface area contributed by atoms with Gasteiger partial charge in [-0.1, -0.05) is 58.9 Å². The SMILES string of the molecule is CC(C)N[C@@H](Cc1ccccc1CN)C(=O)C(C)(C)C. The number of nitrogens with one attached hydrogen (secondary N) is 1. The fourth-order valence-corrected chi connectivity index (χ4v) is 2.33. The lowest BCUT2D eigenvalue weighted by Gasteiger charge is -2.27. The quantitative estimate of drug-likeness (QED) is 0.840. The van der Waals surface area contributed by atoms with E-state index in [0.29, 0.717) is 13.0 Å². The van der Waals surface area contributed by atoms with Gasteiger partial charge < -0.3 is 11.1 Å². The lowest BCUT2D eigenvalue weighted by molar-refractivity contribution is -0.128. The van der Waals surface area contributed by atoms with Crippen LogP contribution in [0, 0.1) is 5.41 Å². The van der Waals surface area contributed by atoms with Gasteiger partial charge in [0.1, 0.15) is 0 Å². The van der Waals surface area contributed by atoms with Crippen LogP contribution in [0.25, 0.3) is 0 Å². The fraction of sp³-hybridized carbons (Fsp3) is 0.588. The lowest BCUT2D eigenvalue weighted by Crippen LogP contribution is -2.47. The van der Waals surface area contributed by atoms with Gasteiger partial charge in [0.2, 0.25) is 0 Å². The molecule has 0 amide bonds. The summed E-state index contributed by atoms with van der Waals surface area (Å²) in [6.45, 7) is 10.6. The first-order valence-electron chi connectivity index (χ1n) is 7.33. The van der Waals surface area contributed by atoms with E-state index in [4.69, 9.17) is 5.73 Å². The maximum absolute atomic E-state index is 12.6. The summed E-state index contributed by atoms with van der Waals surface area (Å²) in [5.74, 6) is 0.248. The molecule has 3 heteroatoms. The Balaban J connectivity index is 2.98. The third-order valence-corrected chi connectivity index (χ3v) is 3.35. The maximum Gasteiger partial charge on any atom is 0.155 e. The first-order valence-corrected chi connectivity index (χ1v) is 7.33. The van der Waals surface area contributed by atoms with Crippen molar-refractivity contribution in [2.75, 3.05) is 0 Å². The van der Waals surface area contributed by atoms with Gasteiger partial charge in [0, 0.05) is 18.0 Å². The number of ketones is 1. The summed E-state index contributed by atoms with van der Waals surface area (Å²) in [6, 6.07) is 8.19. The summed E-state index contributed by atoms with van der Waals surface area (Å²) in [6.07, 6.45) is 0.696. The van der Waals surface area contributed by atoms with Gasteiger partial charge >= 0.3 is 0 Å². The third kappa shape index (κ3) is 4.73. The van der Waals surface area contributed by atoms with Crippen LogP contribution in [0.4, 0.5) is 0 Å². The van der Waals surface area contributed by atoms with Crippen LogP contribution in [0.5, 0.6) is 0 Å². The van der Waals surface area contributed by atoms with Crippen molar-refractivity contribution in [1.29, 1.82) is 0 Å². The standard InChI is InChI=1S/C17H28N2O/c1-12(2)19-15(16(20)17(3,4)5)10-13-8-6-7-9-14(13)11-18/h6-9,12,15,19H,10-11,18H2,1-5H3/t15-/m0/s1. The topological polar surface area (TPSA) is 55.1 Å². The second kappa shape index (κ2) is 7.00. The molecule has 112 valence electrons. The average Bonchev–Trinajstić information content (AvgIpc) is 2.36. The number of hydrogen-bond donors (Lipinski definition) is 2. The Morgan fingerprint density at radius 3 is 2.20 bits per heavy atom. The van der Waals surface area contributed by atoms with Gasteiger partial charge in [-0.2, -0.15) is 0 Å². The predicted molar refractivity (Wildman–Crippen MR) is 84.6 cm³/mol. The van der Waals surface area contributed by atoms with Crippen molar-refractivity contribution >= 4 is 5.78 Å². The summed E-state index contributed by atoms with van der Waals surface area (Å²) in [5.41, 5.74) is 7.71. The zero-order valence-electron chi connectivity index (χ0n) is 13.4. The third-order valence-electron chi connectivity index (χ3n) is 3.35. The van der Waals surface area contributed by atoms with Gasteiger partial charge in [-0.25, -0.2) is 0 Å². The van der Waals surface area contributed by atoms with Gasteiger partial charge in [-0.15, -0.1) is 0 Å². The second-order valence-electron chi connectivity index (χ2n) is 6.67. The van der Waals surface area contributed by atoms with Crippen molar-refractivity contribution in [2.45, 2.75) is 59.7 Å². The van der Waals surface area contributed by atoms with E-state index in [-0.39, 0.29) is 23.3 Å². The minimum atomic E-state index is -0.343. The number of nitrogens with two attached hydrogens (primary N) is 1. The monoisotopic (exact) mass is 276 g/mol. The first kappa shape index (κ1) is 16.9. The molecule has 3 nitrogen and oxygen atoms in total. The molecular weight excluding hydrogens is 248 g/mol. The number of rotatable bonds is 6. The molecule has 0 unspecified atom stereocenters. The van der Waals surface area contributed by atoms with Crippen LogP contribution in [-0.2, 0) is 17.8 Å². The zero-order chi connectivity index (χ0) is 15.3. The van der Waals surface area contributed by atoms with Crippen LogP contribution in [0.3, 0.4) is 0 Å². The van der Waals surface area contributed by atoms with E-state index in [2.05, 4.69) is 25.2 Å². The summed E-state index contributed by atoms with van der Waals surface area (Å²) < 4.78 is 0. The van der Waals surface area contributed by atoms with Gasteiger partial charge in [-0.3, -0.25) is 4.79 Å². The van der Waals surface area contributed by atoms with E-state index in [0.717, 1.165) is 11.1 Å². The summed E-state index contributed by atoms with van der Waals surface area (Å²) in [5, 5.41) is 3.40. The van der Waals surface area contributed by atoms with Gasteiger partial charge in [0.15, 0.2) is 5.78 Å². The molecule has 1 aromatic carbocycles. The Labute approximate surface area is 122 Å². The van der Waals surface area contributed by atoms with E-state index < -0.39 is 0 Å². The molecule has 0 saturated heterocycles. The summed E-state index contributed by atoms with van der Waals surface area (Å²) in [4.78, 5) is 12.6. The molecule has 0 bridgehead atoms. The molecular formula is C17H28N2O. The van der Waals surface area contributed by atoms with E-state index in [1.807, 2.05) is 39.0 Å². The van der Waals surface area contributed by atoms with Gasteiger partial charge in [0.25, 0.3) is 0 Å². The van der Waals surface area contributed by atoms with Crippen LogP contribution in [0.2, 0.25) is 0 Å². The van der Waals surface area contributed by atoms with Gasteiger partial charge in [0.05, 0.1) is 6.04 Å². The lowest BCUT2D eigenvalue weighted by atomic mass is 9.83.